The fourth-order valence-electron chi connectivity index (χ4n) is 2.36. The molecule has 3 rings (SSSR count). The minimum absolute atomic E-state index is 0.0634. The normalized spacial score (nSPS) is 10.9. The number of nitro benzene ring substituents is 1. The van der Waals surface area contributed by atoms with E-state index in [4.69, 9.17) is 0 Å². The van der Waals surface area contributed by atoms with Gasteiger partial charge in [-0.2, -0.15) is 5.26 Å². The summed E-state index contributed by atoms with van der Waals surface area (Å²) in [5.74, 6) is -0.592. The predicted octanol–water partition coefficient (Wildman–Crippen LogP) is 4.57. The molecule has 2 aromatic carbocycles. The van der Waals surface area contributed by atoms with Crippen molar-refractivity contribution in [3.8, 4) is 17.3 Å². The number of nitrogens with zero attached hydrogens (tertiary/aromatic N) is 3. The van der Waals surface area contributed by atoms with Gasteiger partial charge in [-0.3, -0.25) is 20.2 Å². The van der Waals surface area contributed by atoms with Crippen LogP contribution < -0.4 is 5.32 Å². The molecule has 0 aliphatic heterocycles. The van der Waals surface area contributed by atoms with Crippen molar-refractivity contribution in [3.05, 3.63) is 80.7 Å². The fourth-order valence-corrected chi connectivity index (χ4v) is 3.07. The molecule has 7 nitrogen and oxygen atoms in total. The summed E-state index contributed by atoms with van der Waals surface area (Å²) in [4.78, 5) is 26.9. The Morgan fingerprint density at radius 2 is 1.89 bits per heavy atom. The molecule has 1 amide bonds. The lowest BCUT2D eigenvalue weighted by molar-refractivity contribution is -0.384. The molecule has 0 radical (unpaired) electrons. The smallest absolute Gasteiger partial charge is 0.269 e. The summed E-state index contributed by atoms with van der Waals surface area (Å²) < 4.78 is 0. The van der Waals surface area contributed by atoms with Gasteiger partial charge < -0.3 is 0 Å². The number of carbonyl (C=O) groups excluding carboxylic acids is 1. The maximum atomic E-state index is 12.4. The van der Waals surface area contributed by atoms with Crippen LogP contribution in [0, 0.1) is 28.4 Å². The Morgan fingerprint density at radius 1 is 1.21 bits per heavy atom. The van der Waals surface area contributed by atoms with Crippen LogP contribution in [-0.4, -0.2) is 15.8 Å². The van der Waals surface area contributed by atoms with E-state index in [-0.39, 0.29) is 11.3 Å². The molecule has 0 saturated carbocycles. The Kier molecular flexibility index (Phi) is 5.58. The van der Waals surface area contributed by atoms with Gasteiger partial charge >= 0.3 is 0 Å². The van der Waals surface area contributed by atoms with E-state index >= 15 is 0 Å². The van der Waals surface area contributed by atoms with E-state index in [2.05, 4.69) is 10.3 Å². The number of nitrogens with one attached hydrogen (secondary N) is 1. The predicted molar refractivity (Wildman–Crippen MR) is 108 cm³/mol. The second kappa shape index (κ2) is 8.24. The highest BCUT2D eigenvalue weighted by atomic mass is 32.1. The van der Waals surface area contributed by atoms with Crippen molar-refractivity contribution in [2.75, 3.05) is 5.32 Å². The Morgan fingerprint density at radius 3 is 2.50 bits per heavy atom. The van der Waals surface area contributed by atoms with Crippen LogP contribution in [-0.2, 0) is 4.79 Å². The Labute approximate surface area is 164 Å². The van der Waals surface area contributed by atoms with Gasteiger partial charge in [0, 0.05) is 23.1 Å². The van der Waals surface area contributed by atoms with Gasteiger partial charge in [-0.25, -0.2) is 4.98 Å². The number of amides is 1. The highest BCUT2D eigenvalue weighted by Gasteiger charge is 2.13. The third kappa shape index (κ3) is 4.47. The van der Waals surface area contributed by atoms with E-state index in [1.54, 1.807) is 0 Å². The molecule has 3 aromatic rings. The molecule has 138 valence electrons. The zero-order valence-corrected chi connectivity index (χ0v) is 15.6. The number of non-ortho nitro benzene ring substituents is 1. The molecular formula is C20H14N4O3S. The second-order valence-electron chi connectivity index (χ2n) is 5.88. The van der Waals surface area contributed by atoms with Crippen molar-refractivity contribution in [2.45, 2.75) is 6.92 Å². The summed E-state index contributed by atoms with van der Waals surface area (Å²) in [6.07, 6.45) is 1.37. The first-order valence-electron chi connectivity index (χ1n) is 8.16. The number of anilines is 1. The summed E-state index contributed by atoms with van der Waals surface area (Å²) in [7, 11) is 0. The minimum atomic E-state index is -0.592. The number of nitro groups is 1. The molecule has 0 unspecified atom stereocenters. The van der Waals surface area contributed by atoms with E-state index in [0.29, 0.717) is 10.7 Å². The first-order valence-corrected chi connectivity index (χ1v) is 9.04. The molecule has 1 aromatic heterocycles. The number of aryl methyl sites for hydroxylation is 1. The van der Waals surface area contributed by atoms with Gasteiger partial charge in [-0.1, -0.05) is 29.8 Å². The topological polar surface area (TPSA) is 109 Å². The number of nitriles is 1. The first-order chi connectivity index (χ1) is 13.5. The monoisotopic (exact) mass is 390 g/mol. The number of thiazole rings is 1. The third-order valence-electron chi connectivity index (χ3n) is 3.85. The van der Waals surface area contributed by atoms with Crippen LogP contribution in [0.4, 0.5) is 10.8 Å². The standard InChI is InChI=1S/C20H14N4O3S/c1-13-2-6-15(7-3-13)18-12-28-20(22-18)23-19(25)16(11-21)10-14-4-8-17(9-5-14)24(26)27/h2-10,12H,1H3,(H,22,23,25)/b16-10+. The highest BCUT2D eigenvalue weighted by molar-refractivity contribution is 7.14. The van der Waals surface area contributed by atoms with Crippen LogP contribution in [0.3, 0.4) is 0 Å². The van der Waals surface area contributed by atoms with Crippen molar-refractivity contribution in [2.24, 2.45) is 0 Å². The largest absolute Gasteiger partial charge is 0.297 e. The maximum absolute atomic E-state index is 12.4. The lowest BCUT2D eigenvalue weighted by Gasteiger charge is -2.01. The molecule has 8 heteroatoms. The van der Waals surface area contributed by atoms with Crippen molar-refractivity contribution < 1.29 is 9.72 Å². The van der Waals surface area contributed by atoms with Gasteiger partial charge in [0.25, 0.3) is 11.6 Å². The van der Waals surface area contributed by atoms with E-state index < -0.39 is 10.8 Å². The van der Waals surface area contributed by atoms with Crippen LogP contribution in [0.1, 0.15) is 11.1 Å². The molecule has 0 fully saturated rings. The zero-order valence-electron chi connectivity index (χ0n) is 14.7. The summed E-state index contributed by atoms with van der Waals surface area (Å²) >= 11 is 1.26. The Hall–Kier alpha value is -3.83. The molecule has 0 saturated heterocycles. The molecule has 0 aliphatic rings. The van der Waals surface area contributed by atoms with Gasteiger partial charge in [-0.05, 0) is 30.7 Å². The number of carbonyl (C=O) groups is 1. The van der Waals surface area contributed by atoms with Crippen LogP contribution in [0.2, 0.25) is 0 Å². The molecular weight excluding hydrogens is 376 g/mol. The third-order valence-corrected chi connectivity index (χ3v) is 4.61. The van der Waals surface area contributed by atoms with Gasteiger partial charge in [0.05, 0.1) is 10.6 Å². The number of aromatic nitrogens is 1. The zero-order chi connectivity index (χ0) is 20.1. The van der Waals surface area contributed by atoms with Gasteiger partial charge in [0.15, 0.2) is 5.13 Å². The average molecular weight is 390 g/mol. The first kappa shape index (κ1) is 18.9. The molecule has 28 heavy (non-hydrogen) atoms. The fraction of sp³-hybridized carbons (Fsp3) is 0.0500. The minimum Gasteiger partial charge on any atom is -0.297 e. The SMILES string of the molecule is Cc1ccc(-c2csc(NC(=O)/C(C#N)=C/c3ccc([N+](=O)[O-])cc3)n2)cc1. The maximum Gasteiger partial charge on any atom is 0.269 e. The summed E-state index contributed by atoms with van der Waals surface area (Å²) in [6, 6.07) is 15.3. The molecule has 0 aliphatic carbocycles. The summed E-state index contributed by atoms with van der Waals surface area (Å²) in [5.41, 5.74) is 3.13. The van der Waals surface area contributed by atoms with Gasteiger partial charge in [0.2, 0.25) is 0 Å². The number of benzene rings is 2. The quantitative estimate of drug-likeness (QED) is 0.297. The number of hydrogen-bond acceptors (Lipinski definition) is 6. The molecule has 0 atom stereocenters. The van der Waals surface area contributed by atoms with Crippen LogP contribution in [0.25, 0.3) is 17.3 Å². The van der Waals surface area contributed by atoms with Crippen molar-refractivity contribution in [1.82, 2.24) is 4.98 Å². The van der Waals surface area contributed by atoms with Gasteiger partial charge in [-0.15, -0.1) is 11.3 Å². The Balaban J connectivity index is 1.74. The lowest BCUT2D eigenvalue weighted by atomic mass is 10.1. The van der Waals surface area contributed by atoms with Crippen molar-refractivity contribution in [3.63, 3.8) is 0 Å². The van der Waals surface area contributed by atoms with E-state index in [1.165, 1.54) is 41.7 Å². The molecule has 1 N–H and O–H groups in total. The van der Waals surface area contributed by atoms with E-state index in [9.17, 15) is 20.2 Å². The highest BCUT2D eigenvalue weighted by Crippen LogP contribution is 2.25. The number of hydrogen-bond donors (Lipinski definition) is 1. The lowest BCUT2D eigenvalue weighted by Crippen LogP contribution is -2.13. The van der Waals surface area contributed by atoms with E-state index in [1.807, 2.05) is 42.6 Å². The molecule has 1 heterocycles. The van der Waals surface area contributed by atoms with Crippen molar-refractivity contribution >= 4 is 34.1 Å². The van der Waals surface area contributed by atoms with E-state index in [0.717, 1.165) is 16.8 Å². The van der Waals surface area contributed by atoms with Gasteiger partial charge in [0.1, 0.15) is 11.6 Å². The van der Waals surface area contributed by atoms with Crippen LogP contribution in [0.15, 0.2) is 59.5 Å². The number of rotatable bonds is 5. The van der Waals surface area contributed by atoms with Crippen LogP contribution >= 0.6 is 11.3 Å². The molecule has 0 bridgehead atoms. The molecule has 0 spiro atoms. The van der Waals surface area contributed by atoms with Crippen LogP contribution in [0.5, 0.6) is 0 Å². The summed E-state index contributed by atoms with van der Waals surface area (Å²) in [5, 5.41) is 24.8. The Bertz CT molecular complexity index is 1090. The summed E-state index contributed by atoms with van der Waals surface area (Å²) in [6.45, 7) is 2.00. The average Bonchev–Trinajstić information content (AvgIpc) is 3.15. The second-order valence-corrected chi connectivity index (χ2v) is 6.73. The van der Waals surface area contributed by atoms with Crippen molar-refractivity contribution in [1.29, 1.82) is 5.26 Å².